The van der Waals surface area contributed by atoms with Gasteiger partial charge in [0.05, 0.1) is 5.41 Å². The zero-order chi connectivity index (χ0) is 13.2. The molecule has 98 valence electrons. The molecule has 1 aliphatic carbocycles. The van der Waals surface area contributed by atoms with Crippen LogP contribution in [-0.4, -0.2) is 18.5 Å². The average Bonchev–Trinajstić information content (AvgIpc) is 3.18. The van der Waals surface area contributed by atoms with Gasteiger partial charge < -0.3 is 11.1 Å². The highest BCUT2D eigenvalue weighted by Crippen LogP contribution is 2.41. The maximum Gasteiger partial charge on any atom is 0.227 e. The van der Waals surface area contributed by atoms with E-state index in [4.69, 9.17) is 5.73 Å². The summed E-state index contributed by atoms with van der Waals surface area (Å²) < 4.78 is 0. The van der Waals surface area contributed by atoms with E-state index < -0.39 is 5.41 Å². The Bertz CT molecular complexity index is 412. The van der Waals surface area contributed by atoms with Crippen LogP contribution in [0.5, 0.6) is 0 Å². The van der Waals surface area contributed by atoms with Gasteiger partial charge in [-0.1, -0.05) is 37.3 Å². The van der Waals surface area contributed by atoms with E-state index in [1.165, 1.54) is 5.56 Å². The Kier molecular flexibility index (Phi) is 3.71. The van der Waals surface area contributed by atoms with Crippen molar-refractivity contribution in [3.8, 4) is 0 Å². The van der Waals surface area contributed by atoms with Gasteiger partial charge >= 0.3 is 0 Å². The van der Waals surface area contributed by atoms with Gasteiger partial charge in [-0.2, -0.15) is 0 Å². The summed E-state index contributed by atoms with van der Waals surface area (Å²) in [5.41, 5.74) is 6.59. The number of carbonyl (C=O) groups is 1. The summed E-state index contributed by atoms with van der Waals surface area (Å²) in [6.07, 6.45) is 1.82. The Morgan fingerprint density at radius 2 is 2.11 bits per heavy atom. The molecule has 0 spiro atoms. The highest BCUT2D eigenvalue weighted by atomic mass is 16.2. The largest absolute Gasteiger partial charge is 0.352 e. The molecule has 3 atom stereocenters. The van der Waals surface area contributed by atoms with Crippen LogP contribution in [0, 0.1) is 5.41 Å². The normalized spacial score (nSPS) is 25.3. The van der Waals surface area contributed by atoms with Crippen LogP contribution in [-0.2, 0) is 4.79 Å². The van der Waals surface area contributed by atoms with Crippen LogP contribution in [0.25, 0.3) is 0 Å². The number of carbonyl (C=O) groups excluding carboxylic acids is 1. The number of nitrogens with one attached hydrogen (secondary N) is 1. The van der Waals surface area contributed by atoms with Gasteiger partial charge in [-0.05, 0) is 25.3 Å². The zero-order valence-electron chi connectivity index (χ0n) is 11.1. The minimum absolute atomic E-state index is 0.0935. The van der Waals surface area contributed by atoms with Crippen LogP contribution >= 0.6 is 0 Å². The Hall–Kier alpha value is -1.35. The van der Waals surface area contributed by atoms with Crippen LogP contribution in [0.1, 0.15) is 38.2 Å². The molecule has 0 heterocycles. The molecule has 3 nitrogen and oxygen atoms in total. The molecule has 0 radical (unpaired) electrons. The second-order valence-electron chi connectivity index (χ2n) is 5.45. The number of amides is 1. The monoisotopic (exact) mass is 246 g/mol. The molecule has 3 N–H and O–H groups in total. The first kappa shape index (κ1) is 13.1. The highest BCUT2D eigenvalue weighted by molar-refractivity contribution is 5.83. The zero-order valence-corrected chi connectivity index (χ0v) is 11.1. The molecule has 1 amide bonds. The van der Waals surface area contributed by atoms with Gasteiger partial charge in [-0.3, -0.25) is 4.79 Å². The van der Waals surface area contributed by atoms with Crippen molar-refractivity contribution in [2.75, 3.05) is 6.54 Å². The smallest absolute Gasteiger partial charge is 0.227 e. The van der Waals surface area contributed by atoms with E-state index in [0.717, 1.165) is 12.8 Å². The molecule has 0 bridgehead atoms. The molecule has 1 aromatic carbocycles. The predicted octanol–water partition coefficient (Wildman–Crippen LogP) is 2.03. The number of hydrogen-bond donors (Lipinski definition) is 2. The van der Waals surface area contributed by atoms with E-state index in [2.05, 4.69) is 17.4 Å². The first-order valence-electron chi connectivity index (χ1n) is 6.66. The lowest BCUT2D eigenvalue weighted by Crippen LogP contribution is -2.44. The molecule has 0 saturated heterocycles. The lowest BCUT2D eigenvalue weighted by atomic mass is 9.86. The minimum Gasteiger partial charge on any atom is -0.352 e. The maximum atomic E-state index is 12.2. The quantitative estimate of drug-likeness (QED) is 0.835. The Morgan fingerprint density at radius 1 is 1.44 bits per heavy atom. The Balaban J connectivity index is 1.92. The van der Waals surface area contributed by atoms with E-state index in [1.54, 1.807) is 0 Å². The fraction of sp³-hybridized carbons (Fsp3) is 0.533. The SMILES string of the molecule is CCC(C)(CN)C(=O)NC1CC1c1ccccc1. The summed E-state index contributed by atoms with van der Waals surface area (Å²) in [5, 5.41) is 3.13. The topological polar surface area (TPSA) is 55.1 Å². The van der Waals surface area contributed by atoms with Gasteiger partial charge in [-0.15, -0.1) is 0 Å². The lowest BCUT2D eigenvalue weighted by molar-refractivity contribution is -0.130. The number of rotatable bonds is 5. The van der Waals surface area contributed by atoms with Crippen LogP contribution < -0.4 is 11.1 Å². The molecular weight excluding hydrogens is 224 g/mol. The molecule has 2 rings (SSSR count). The summed E-state index contributed by atoms with van der Waals surface area (Å²) in [4.78, 5) is 12.2. The van der Waals surface area contributed by atoms with Crippen molar-refractivity contribution >= 4 is 5.91 Å². The summed E-state index contributed by atoms with van der Waals surface area (Å²) in [7, 11) is 0. The van der Waals surface area contributed by atoms with Crippen molar-refractivity contribution in [2.24, 2.45) is 11.1 Å². The van der Waals surface area contributed by atoms with Crippen molar-refractivity contribution < 1.29 is 4.79 Å². The third-order valence-corrected chi connectivity index (χ3v) is 4.11. The molecule has 1 aliphatic rings. The number of hydrogen-bond acceptors (Lipinski definition) is 2. The van der Waals surface area contributed by atoms with E-state index >= 15 is 0 Å². The molecule has 3 unspecified atom stereocenters. The molecule has 3 heteroatoms. The van der Waals surface area contributed by atoms with E-state index in [0.29, 0.717) is 12.5 Å². The first-order chi connectivity index (χ1) is 8.60. The Morgan fingerprint density at radius 3 is 2.67 bits per heavy atom. The van der Waals surface area contributed by atoms with Crippen molar-refractivity contribution in [3.63, 3.8) is 0 Å². The third-order valence-electron chi connectivity index (χ3n) is 4.11. The summed E-state index contributed by atoms with van der Waals surface area (Å²) >= 11 is 0. The standard InChI is InChI=1S/C15H22N2O/c1-3-15(2,10-16)14(18)17-13-9-12(13)11-7-5-4-6-8-11/h4-8,12-13H,3,9-10,16H2,1-2H3,(H,17,18). The summed E-state index contributed by atoms with van der Waals surface area (Å²) in [6, 6.07) is 10.6. The Labute approximate surface area is 109 Å². The molecule has 1 fully saturated rings. The third kappa shape index (κ3) is 2.56. The van der Waals surface area contributed by atoms with Crippen LogP contribution in [0.4, 0.5) is 0 Å². The van der Waals surface area contributed by atoms with Gasteiger partial charge in [0.1, 0.15) is 0 Å². The second kappa shape index (κ2) is 5.11. The number of benzene rings is 1. The number of nitrogens with two attached hydrogens (primary N) is 1. The first-order valence-corrected chi connectivity index (χ1v) is 6.66. The minimum atomic E-state index is -0.427. The molecule has 1 saturated carbocycles. The van der Waals surface area contributed by atoms with Gasteiger partial charge in [-0.25, -0.2) is 0 Å². The summed E-state index contributed by atoms with van der Waals surface area (Å²) in [6.45, 7) is 4.34. The molecule has 0 aliphatic heterocycles. The van der Waals surface area contributed by atoms with Crippen LogP contribution in [0.15, 0.2) is 30.3 Å². The molecule has 0 aromatic heterocycles. The molecule has 18 heavy (non-hydrogen) atoms. The fourth-order valence-corrected chi connectivity index (χ4v) is 2.16. The molecule has 1 aromatic rings. The highest BCUT2D eigenvalue weighted by Gasteiger charge is 2.42. The maximum absolute atomic E-state index is 12.2. The van der Waals surface area contributed by atoms with Gasteiger partial charge in [0.2, 0.25) is 5.91 Å². The lowest BCUT2D eigenvalue weighted by Gasteiger charge is -2.25. The van der Waals surface area contributed by atoms with Crippen molar-refractivity contribution in [1.29, 1.82) is 0 Å². The summed E-state index contributed by atoms with van der Waals surface area (Å²) in [5.74, 6) is 0.574. The van der Waals surface area contributed by atoms with E-state index in [-0.39, 0.29) is 11.9 Å². The molecular formula is C15H22N2O. The van der Waals surface area contributed by atoms with E-state index in [9.17, 15) is 4.79 Å². The van der Waals surface area contributed by atoms with Crippen molar-refractivity contribution in [1.82, 2.24) is 5.32 Å². The van der Waals surface area contributed by atoms with Crippen molar-refractivity contribution in [2.45, 2.75) is 38.6 Å². The predicted molar refractivity (Wildman–Crippen MR) is 73.2 cm³/mol. The fourth-order valence-electron chi connectivity index (χ4n) is 2.16. The van der Waals surface area contributed by atoms with Gasteiger partial charge in [0, 0.05) is 18.5 Å². The second-order valence-corrected chi connectivity index (χ2v) is 5.45. The van der Waals surface area contributed by atoms with Crippen LogP contribution in [0.2, 0.25) is 0 Å². The van der Waals surface area contributed by atoms with Gasteiger partial charge in [0.15, 0.2) is 0 Å². The average molecular weight is 246 g/mol. The van der Waals surface area contributed by atoms with E-state index in [1.807, 2.05) is 32.0 Å². The van der Waals surface area contributed by atoms with Crippen LogP contribution in [0.3, 0.4) is 0 Å². The van der Waals surface area contributed by atoms with Gasteiger partial charge in [0.25, 0.3) is 0 Å². The van der Waals surface area contributed by atoms with Crippen molar-refractivity contribution in [3.05, 3.63) is 35.9 Å².